The second-order valence-electron chi connectivity index (χ2n) is 11.5. The lowest BCUT2D eigenvalue weighted by atomic mass is 10.0. The quantitative estimate of drug-likeness (QED) is 0.196. The maximum Gasteiger partial charge on any atom is 0.161 e. The maximum atomic E-state index is 6.44. The van der Waals surface area contributed by atoms with Gasteiger partial charge in [0.2, 0.25) is 0 Å². The lowest BCUT2D eigenvalue weighted by Gasteiger charge is -2.10. The van der Waals surface area contributed by atoms with Crippen LogP contribution in [0.3, 0.4) is 0 Å². The molecule has 4 heterocycles. The molecule has 0 radical (unpaired) electrons. The predicted octanol–water partition coefficient (Wildman–Crippen LogP) is 10.7. The van der Waals surface area contributed by atoms with Gasteiger partial charge >= 0.3 is 0 Å². The van der Waals surface area contributed by atoms with Crippen molar-refractivity contribution in [3.63, 3.8) is 0 Å². The molecule has 220 valence electrons. The number of nitrogens with zero attached hydrogens (tertiary/aromatic N) is 4. The third-order valence-electron chi connectivity index (χ3n) is 8.50. The van der Waals surface area contributed by atoms with Gasteiger partial charge in [0.05, 0.1) is 28.3 Å². The van der Waals surface area contributed by atoms with E-state index in [0.29, 0.717) is 5.82 Å². The second-order valence-corrected chi connectivity index (χ2v) is 11.5. The molecule has 0 unspecified atom stereocenters. The zero-order chi connectivity index (χ0) is 31.2. The van der Waals surface area contributed by atoms with Crippen molar-refractivity contribution in [3.8, 4) is 56.5 Å². The molecule has 0 atom stereocenters. The van der Waals surface area contributed by atoms with Crippen LogP contribution in [-0.2, 0) is 0 Å². The van der Waals surface area contributed by atoms with Crippen LogP contribution in [0.2, 0.25) is 0 Å². The summed E-state index contributed by atoms with van der Waals surface area (Å²) in [4.78, 5) is 20.1. The van der Waals surface area contributed by atoms with Crippen LogP contribution in [-0.4, -0.2) is 19.9 Å². The highest BCUT2D eigenvalue weighted by Crippen LogP contribution is 2.38. The highest BCUT2D eigenvalue weighted by Gasteiger charge is 2.18. The first-order valence-electron chi connectivity index (χ1n) is 15.6. The first-order valence-corrected chi connectivity index (χ1v) is 15.6. The summed E-state index contributed by atoms with van der Waals surface area (Å²) >= 11 is 0. The van der Waals surface area contributed by atoms with Gasteiger partial charge in [-0.05, 0) is 30.3 Å². The molecule has 4 aromatic heterocycles. The fourth-order valence-electron chi connectivity index (χ4n) is 6.13. The second kappa shape index (κ2) is 11.2. The van der Waals surface area contributed by atoms with Gasteiger partial charge < -0.3 is 4.42 Å². The molecule has 0 saturated heterocycles. The van der Waals surface area contributed by atoms with Gasteiger partial charge in [-0.1, -0.05) is 127 Å². The SMILES string of the molecule is c1ccc(-c2cc(-c3ccccc3)nc(-c3ccc(-c4nc(-c5ccc6ccccc6n5)cc5c4oc4ccccc45)cc3)n2)cc1. The van der Waals surface area contributed by atoms with Crippen LogP contribution in [0.15, 0.2) is 162 Å². The van der Waals surface area contributed by atoms with Gasteiger partial charge in [-0.15, -0.1) is 0 Å². The Labute approximate surface area is 270 Å². The molecule has 0 amide bonds. The van der Waals surface area contributed by atoms with E-state index in [-0.39, 0.29) is 0 Å². The van der Waals surface area contributed by atoms with E-state index < -0.39 is 0 Å². The van der Waals surface area contributed by atoms with Crippen molar-refractivity contribution in [1.82, 2.24) is 19.9 Å². The standard InChI is InChI=1S/C42H26N4O/c1-3-11-27(12-4-1)36-26-37(28-13-5-2-6-14-28)46-42(45-36)31-21-19-30(20-22-31)40-41-33(32-16-8-10-18-39(32)47-41)25-38(44-40)35-24-23-29-15-7-9-17-34(29)43-35/h1-26H. The van der Waals surface area contributed by atoms with Gasteiger partial charge in [0.1, 0.15) is 11.3 Å². The van der Waals surface area contributed by atoms with E-state index in [4.69, 9.17) is 24.4 Å². The highest BCUT2D eigenvalue weighted by molar-refractivity contribution is 6.10. The first-order chi connectivity index (χ1) is 23.3. The Bertz CT molecular complexity index is 2500. The summed E-state index contributed by atoms with van der Waals surface area (Å²) < 4.78 is 6.44. The van der Waals surface area contributed by atoms with E-state index in [1.165, 1.54) is 0 Å². The van der Waals surface area contributed by atoms with E-state index in [0.717, 1.165) is 83.6 Å². The molecule has 5 nitrogen and oxygen atoms in total. The zero-order valence-corrected chi connectivity index (χ0v) is 25.2. The van der Waals surface area contributed by atoms with Crippen LogP contribution in [0.1, 0.15) is 0 Å². The smallest absolute Gasteiger partial charge is 0.161 e. The lowest BCUT2D eigenvalue weighted by Crippen LogP contribution is -1.96. The van der Waals surface area contributed by atoms with Crippen LogP contribution < -0.4 is 0 Å². The van der Waals surface area contributed by atoms with Crippen molar-refractivity contribution < 1.29 is 4.42 Å². The summed E-state index contributed by atoms with van der Waals surface area (Å²) in [7, 11) is 0. The Kier molecular flexibility index (Phi) is 6.39. The summed E-state index contributed by atoms with van der Waals surface area (Å²) in [6, 6.07) is 53.2. The molecular weight excluding hydrogens is 576 g/mol. The number of furan rings is 1. The van der Waals surface area contributed by atoms with Crippen LogP contribution in [0, 0.1) is 0 Å². The van der Waals surface area contributed by atoms with Gasteiger partial charge in [-0.2, -0.15) is 0 Å². The monoisotopic (exact) mass is 602 g/mol. The largest absolute Gasteiger partial charge is 0.454 e. The number of para-hydroxylation sites is 2. The van der Waals surface area contributed by atoms with Crippen molar-refractivity contribution >= 4 is 32.8 Å². The summed E-state index contributed by atoms with van der Waals surface area (Å²) in [5.41, 5.74) is 10.6. The Morgan fingerprint density at radius 1 is 0.383 bits per heavy atom. The molecule has 5 heteroatoms. The molecule has 0 aliphatic carbocycles. The van der Waals surface area contributed by atoms with Gasteiger partial charge in [0, 0.05) is 38.4 Å². The minimum atomic E-state index is 0.660. The maximum absolute atomic E-state index is 6.44. The molecule has 0 N–H and O–H groups in total. The fraction of sp³-hybridized carbons (Fsp3) is 0. The molecule has 0 aliphatic rings. The minimum Gasteiger partial charge on any atom is -0.454 e. The summed E-state index contributed by atoms with van der Waals surface area (Å²) in [6.07, 6.45) is 0. The Morgan fingerprint density at radius 3 is 1.77 bits per heavy atom. The average molecular weight is 603 g/mol. The van der Waals surface area contributed by atoms with E-state index in [1.54, 1.807) is 0 Å². The summed E-state index contributed by atoms with van der Waals surface area (Å²) in [5, 5.41) is 3.14. The Balaban J connectivity index is 1.19. The molecule has 0 spiro atoms. The highest BCUT2D eigenvalue weighted by atomic mass is 16.3. The predicted molar refractivity (Wildman–Crippen MR) is 190 cm³/mol. The number of hydrogen-bond acceptors (Lipinski definition) is 5. The molecule has 0 fully saturated rings. The normalized spacial score (nSPS) is 11.4. The van der Waals surface area contributed by atoms with Crippen LogP contribution in [0.4, 0.5) is 0 Å². The van der Waals surface area contributed by atoms with Crippen molar-refractivity contribution in [1.29, 1.82) is 0 Å². The van der Waals surface area contributed by atoms with E-state index in [9.17, 15) is 0 Å². The molecule has 0 saturated carbocycles. The van der Waals surface area contributed by atoms with Crippen LogP contribution >= 0.6 is 0 Å². The number of rotatable bonds is 5. The van der Waals surface area contributed by atoms with Gasteiger partial charge in [-0.25, -0.2) is 19.9 Å². The zero-order valence-electron chi connectivity index (χ0n) is 25.2. The van der Waals surface area contributed by atoms with E-state index >= 15 is 0 Å². The minimum absolute atomic E-state index is 0.660. The number of benzene rings is 5. The van der Waals surface area contributed by atoms with Crippen LogP contribution in [0.5, 0.6) is 0 Å². The van der Waals surface area contributed by atoms with E-state index in [1.807, 2.05) is 78.9 Å². The van der Waals surface area contributed by atoms with Gasteiger partial charge in [-0.3, -0.25) is 0 Å². The summed E-state index contributed by atoms with van der Waals surface area (Å²) in [5.74, 6) is 0.660. The molecule has 0 bridgehead atoms. The molecule has 47 heavy (non-hydrogen) atoms. The average Bonchev–Trinajstić information content (AvgIpc) is 3.53. The Hall–Kier alpha value is -6.46. The third-order valence-corrected chi connectivity index (χ3v) is 8.50. The van der Waals surface area contributed by atoms with Gasteiger partial charge in [0.25, 0.3) is 0 Å². The fourth-order valence-corrected chi connectivity index (χ4v) is 6.13. The Morgan fingerprint density at radius 2 is 1.02 bits per heavy atom. The van der Waals surface area contributed by atoms with Crippen molar-refractivity contribution in [2.24, 2.45) is 0 Å². The number of aromatic nitrogens is 4. The van der Waals surface area contributed by atoms with Gasteiger partial charge in [0.15, 0.2) is 11.4 Å². The lowest BCUT2D eigenvalue weighted by molar-refractivity contribution is 0.668. The molecule has 5 aromatic carbocycles. The number of pyridine rings is 2. The van der Waals surface area contributed by atoms with Crippen molar-refractivity contribution in [2.45, 2.75) is 0 Å². The third kappa shape index (κ3) is 4.91. The van der Waals surface area contributed by atoms with E-state index in [2.05, 4.69) is 78.9 Å². The number of fused-ring (bicyclic) bond motifs is 4. The molecule has 0 aliphatic heterocycles. The molecule has 9 aromatic rings. The molecule has 9 rings (SSSR count). The van der Waals surface area contributed by atoms with Crippen molar-refractivity contribution in [2.75, 3.05) is 0 Å². The molecular formula is C42H26N4O. The van der Waals surface area contributed by atoms with Crippen LogP contribution in [0.25, 0.3) is 89.4 Å². The number of hydrogen-bond donors (Lipinski definition) is 0. The topological polar surface area (TPSA) is 64.7 Å². The summed E-state index contributed by atoms with van der Waals surface area (Å²) in [6.45, 7) is 0. The first kappa shape index (κ1) is 26.9. The van der Waals surface area contributed by atoms with Crippen molar-refractivity contribution in [3.05, 3.63) is 158 Å².